The van der Waals surface area contributed by atoms with Crippen LogP contribution in [0.4, 0.5) is 0 Å². The maximum absolute atomic E-state index is 5.55. The molecule has 0 bridgehead atoms. The zero-order chi connectivity index (χ0) is 7.83. The van der Waals surface area contributed by atoms with E-state index in [4.69, 9.17) is 9.47 Å². The fourth-order valence-corrected chi connectivity index (χ4v) is 1.03. The second kappa shape index (κ2) is 2.07. The average molecular weight is 142 g/mol. The average Bonchev–Trinajstić information content (AvgIpc) is 2.08. The molecule has 1 aliphatic heterocycles. The van der Waals surface area contributed by atoms with Gasteiger partial charge in [-0.15, -0.1) is 0 Å². The molecule has 0 saturated carbocycles. The van der Waals surface area contributed by atoms with Gasteiger partial charge in [-0.25, -0.2) is 0 Å². The van der Waals surface area contributed by atoms with Gasteiger partial charge in [-0.05, 0) is 26.8 Å². The lowest BCUT2D eigenvalue weighted by Gasteiger charge is -2.21. The Morgan fingerprint density at radius 3 is 2.20 bits per heavy atom. The van der Waals surface area contributed by atoms with Crippen LogP contribution < -0.4 is 0 Å². The molecule has 1 rings (SSSR count). The minimum Gasteiger partial charge on any atom is -0.344 e. The van der Waals surface area contributed by atoms with E-state index < -0.39 is 5.79 Å². The van der Waals surface area contributed by atoms with E-state index in [9.17, 15) is 0 Å². The van der Waals surface area contributed by atoms with E-state index in [1.54, 1.807) is 6.08 Å². The van der Waals surface area contributed by atoms with Crippen LogP contribution >= 0.6 is 0 Å². The van der Waals surface area contributed by atoms with Crippen LogP contribution in [0.5, 0.6) is 0 Å². The first-order valence-corrected chi connectivity index (χ1v) is 3.45. The van der Waals surface area contributed by atoms with Crippen molar-refractivity contribution in [3.63, 3.8) is 0 Å². The Morgan fingerprint density at radius 1 is 1.40 bits per heavy atom. The quantitative estimate of drug-likeness (QED) is 0.519. The molecule has 0 N–H and O–H groups in total. The molecule has 58 valence electrons. The zero-order valence-corrected chi connectivity index (χ0v) is 6.81. The lowest BCUT2D eigenvalue weighted by atomic mass is 10.2. The standard InChI is InChI=1S/C8H14O2/c1-5-8(4)9-6-7(2,3)10-8/h5H,1,6H2,2-4H3. The lowest BCUT2D eigenvalue weighted by molar-refractivity contribution is -0.130. The monoisotopic (exact) mass is 142 g/mol. The van der Waals surface area contributed by atoms with E-state index in [1.165, 1.54) is 0 Å². The topological polar surface area (TPSA) is 18.5 Å². The van der Waals surface area contributed by atoms with Crippen molar-refractivity contribution < 1.29 is 9.47 Å². The van der Waals surface area contributed by atoms with E-state index in [0.29, 0.717) is 6.61 Å². The molecule has 0 aromatic carbocycles. The summed E-state index contributed by atoms with van der Waals surface area (Å²) in [4.78, 5) is 0. The van der Waals surface area contributed by atoms with Crippen LogP contribution in [0.25, 0.3) is 0 Å². The summed E-state index contributed by atoms with van der Waals surface area (Å²) in [6.45, 7) is 10.1. The zero-order valence-electron chi connectivity index (χ0n) is 6.81. The maximum Gasteiger partial charge on any atom is 0.185 e. The van der Waals surface area contributed by atoms with Crippen molar-refractivity contribution in [3.05, 3.63) is 12.7 Å². The van der Waals surface area contributed by atoms with Crippen molar-refractivity contribution in [1.82, 2.24) is 0 Å². The summed E-state index contributed by atoms with van der Waals surface area (Å²) in [7, 11) is 0. The molecular weight excluding hydrogens is 128 g/mol. The molecule has 1 heterocycles. The molecule has 2 heteroatoms. The summed E-state index contributed by atoms with van der Waals surface area (Å²) < 4.78 is 10.9. The van der Waals surface area contributed by atoms with E-state index in [-0.39, 0.29) is 5.60 Å². The van der Waals surface area contributed by atoms with E-state index in [2.05, 4.69) is 6.58 Å². The van der Waals surface area contributed by atoms with Gasteiger partial charge >= 0.3 is 0 Å². The third-order valence-electron chi connectivity index (χ3n) is 1.56. The Kier molecular flexibility index (Phi) is 1.61. The van der Waals surface area contributed by atoms with Crippen LogP contribution in [0.1, 0.15) is 20.8 Å². The Labute approximate surface area is 61.8 Å². The highest BCUT2D eigenvalue weighted by Gasteiger charge is 2.39. The molecule has 1 unspecified atom stereocenters. The first kappa shape index (κ1) is 7.76. The third-order valence-corrected chi connectivity index (χ3v) is 1.56. The normalized spacial score (nSPS) is 37.9. The first-order valence-electron chi connectivity index (χ1n) is 3.45. The van der Waals surface area contributed by atoms with Crippen molar-refractivity contribution in [3.8, 4) is 0 Å². The molecule has 0 amide bonds. The summed E-state index contributed by atoms with van der Waals surface area (Å²) in [6, 6.07) is 0. The molecule has 0 aromatic rings. The van der Waals surface area contributed by atoms with Gasteiger partial charge in [0.1, 0.15) is 0 Å². The van der Waals surface area contributed by atoms with E-state index >= 15 is 0 Å². The summed E-state index contributed by atoms with van der Waals surface area (Å²) in [5.41, 5.74) is -0.164. The summed E-state index contributed by atoms with van der Waals surface area (Å²) >= 11 is 0. The summed E-state index contributed by atoms with van der Waals surface area (Å²) in [6.07, 6.45) is 1.68. The van der Waals surface area contributed by atoms with Gasteiger partial charge < -0.3 is 9.47 Å². The Hall–Kier alpha value is -0.340. The molecule has 0 radical (unpaired) electrons. The maximum atomic E-state index is 5.55. The van der Waals surface area contributed by atoms with Gasteiger partial charge in [0.2, 0.25) is 0 Å². The predicted octanol–water partition coefficient (Wildman–Crippen LogP) is 1.71. The smallest absolute Gasteiger partial charge is 0.185 e. The van der Waals surface area contributed by atoms with Gasteiger partial charge in [-0.1, -0.05) is 6.58 Å². The second-order valence-corrected chi connectivity index (χ2v) is 3.37. The molecule has 1 fully saturated rings. The van der Waals surface area contributed by atoms with Crippen molar-refractivity contribution in [2.45, 2.75) is 32.2 Å². The van der Waals surface area contributed by atoms with Gasteiger partial charge in [-0.2, -0.15) is 0 Å². The van der Waals surface area contributed by atoms with Gasteiger partial charge in [-0.3, -0.25) is 0 Å². The highest BCUT2D eigenvalue weighted by molar-refractivity contribution is 4.93. The molecule has 0 aromatic heterocycles. The molecule has 1 aliphatic rings. The van der Waals surface area contributed by atoms with Crippen LogP contribution in [-0.4, -0.2) is 18.0 Å². The van der Waals surface area contributed by atoms with Gasteiger partial charge in [0.05, 0.1) is 12.2 Å². The highest BCUT2D eigenvalue weighted by atomic mass is 16.7. The molecule has 1 saturated heterocycles. The number of hydrogen-bond acceptors (Lipinski definition) is 2. The Morgan fingerprint density at radius 2 is 2.00 bits per heavy atom. The van der Waals surface area contributed by atoms with Crippen LogP contribution in [0, 0.1) is 0 Å². The van der Waals surface area contributed by atoms with Gasteiger partial charge in [0.25, 0.3) is 0 Å². The highest BCUT2D eigenvalue weighted by Crippen LogP contribution is 2.30. The van der Waals surface area contributed by atoms with Crippen LogP contribution in [-0.2, 0) is 9.47 Å². The van der Waals surface area contributed by atoms with Crippen molar-refractivity contribution in [2.75, 3.05) is 6.61 Å². The third kappa shape index (κ3) is 1.39. The molecule has 0 aliphatic carbocycles. The van der Waals surface area contributed by atoms with Crippen molar-refractivity contribution >= 4 is 0 Å². The van der Waals surface area contributed by atoms with Crippen molar-refractivity contribution in [2.24, 2.45) is 0 Å². The van der Waals surface area contributed by atoms with E-state index in [1.807, 2.05) is 20.8 Å². The first-order chi connectivity index (χ1) is 4.47. The van der Waals surface area contributed by atoms with Gasteiger partial charge in [0.15, 0.2) is 5.79 Å². The lowest BCUT2D eigenvalue weighted by Crippen LogP contribution is -2.27. The van der Waals surface area contributed by atoms with Crippen LogP contribution in [0.2, 0.25) is 0 Å². The molecular formula is C8H14O2. The number of rotatable bonds is 1. The minimum absolute atomic E-state index is 0.164. The van der Waals surface area contributed by atoms with E-state index in [0.717, 1.165) is 0 Å². The summed E-state index contributed by atoms with van der Waals surface area (Å²) in [5, 5.41) is 0. The predicted molar refractivity (Wildman–Crippen MR) is 39.7 cm³/mol. The largest absolute Gasteiger partial charge is 0.344 e. The molecule has 0 spiro atoms. The second-order valence-electron chi connectivity index (χ2n) is 3.37. The molecule has 10 heavy (non-hydrogen) atoms. The Bertz CT molecular complexity index is 151. The van der Waals surface area contributed by atoms with Gasteiger partial charge in [0, 0.05) is 0 Å². The minimum atomic E-state index is -0.566. The fourth-order valence-electron chi connectivity index (χ4n) is 1.03. The van der Waals surface area contributed by atoms with Crippen molar-refractivity contribution in [1.29, 1.82) is 0 Å². The van der Waals surface area contributed by atoms with Crippen LogP contribution in [0.3, 0.4) is 0 Å². The molecule has 2 nitrogen and oxygen atoms in total. The Balaban J connectivity index is 2.66. The fraction of sp³-hybridized carbons (Fsp3) is 0.750. The number of hydrogen-bond donors (Lipinski definition) is 0. The van der Waals surface area contributed by atoms with Crippen LogP contribution in [0.15, 0.2) is 12.7 Å². The summed E-state index contributed by atoms with van der Waals surface area (Å²) in [5.74, 6) is -0.566. The number of ether oxygens (including phenoxy) is 2. The SMILES string of the molecule is C=CC1(C)OCC(C)(C)O1. The molecule has 1 atom stereocenters.